The molecule has 0 aromatic heterocycles. The van der Waals surface area contributed by atoms with E-state index < -0.39 is 18.3 Å². The Bertz CT molecular complexity index is 1020. The fourth-order valence-corrected chi connectivity index (χ4v) is 4.03. The maximum atomic E-state index is 14.8. The van der Waals surface area contributed by atoms with Crippen LogP contribution in [0.2, 0.25) is 0 Å². The average molecular weight is 516 g/mol. The Morgan fingerprint density at radius 2 is 1.62 bits per heavy atom. The topological polar surface area (TPSA) is 61.9 Å². The highest BCUT2D eigenvalue weighted by Crippen LogP contribution is 2.42. The van der Waals surface area contributed by atoms with Gasteiger partial charge in [0.2, 0.25) is 11.8 Å². The van der Waals surface area contributed by atoms with Crippen LogP contribution >= 0.6 is 0 Å². The number of nitrogens with zero attached hydrogens (tertiary/aromatic N) is 2. The Labute approximate surface area is 219 Å². The number of allylic oxidation sites excluding steroid dienone is 1. The number of para-hydroxylation sites is 1. The molecular formula is C29H39F2N3O3. The molecule has 2 aliphatic rings. The maximum Gasteiger partial charge on any atom is 0.275 e. The van der Waals surface area contributed by atoms with Gasteiger partial charge in [-0.2, -0.15) is 0 Å². The van der Waals surface area contributed by atoms with Crippen molar-refractivity contribution in [2.24, 2.45) is 0 Å². The van der Waals surface area contributed by atoms with E-state index in [-0.39, 0.29) is 23.6 Å². The van der Waals surface area contributed by atoms with Crippen molar-refractivity contribution >= 4 is 23.1 Å². The Morgan fingerprint density at radius 1 is 1.00 bits per heavy atom. The molecule has 0 spiro atoms. The number of fused-ring (bicyclic) bond motifs is 1. The molecule has 37 heavy (non-hydrogen) atoms. The van der Waals surface area contributed by atoms with Gasteiger partial charge in [-0.15, -0.1) is 0 Å². The van der Waals surface area contributed by atoms with Gasteiger partial charge in [0.15, 0.2) is 0 Å². The summed E-state index contributed by atoms with van der Waals surface area (Å²) in [6, 6.07) is 16.7. The summed E-state index contributed by atoms with van der Waals surface area (Å²) in [5, 5.41) is 2.69. The number of amides is 2. The number of anilines is 1. The van der Waals surface area contributed by atoms with Crippen LogP contribution in [0.1, 0.15) is 38.3 Å². The number of carbonyl (C=O) groups excluding carboxylic acids is 2. The van der Waals surface area contributed by atoms with Gasteiger partial charge in [-0.3, -0.25) is 14.5 Å². The van der Waals surface area contributed by atoms with Crippen molar-refractivity contribution < 1.29 is 23.1 Å². The first-order chi connectivity index (χ1) is 17.8. The number of benzene rings is 2. The zero-order valence-corrected chi connectivity index (χ0v) is 22.3. The standard InChI is InChI=1S/C20H25F2N3O3.C7H8.C2H6/c1-15(26)25-8-6-20(21,22)17(16-4-2-3-5-18(16)25)14-19(27)23-7-9-24-10-12-28-13-11-24;1-7-5-3-2-4-6-7;1-2/h2-5,14H,6-13H2,1H3,(H,23,27);2-6H,1H3;1-2H3/b17-14-;;. The Balaban J connectivity index is 0.000000455. The minimum atomic E-state index is -3.21. The van der Waals surface area contributed by atoms with Crippen LogP contribution in [-0.2, 0) is 14.3 Å². The fourth-order valence-electron chi connectivity index (χ4n) is 4.03. The number of ether oxygens (including phenoxy) is 1. The summed E-state index contributed by atoms with van der Waals surface area (Å²) in [5.74, 6) is -4.07. The predicted molar refractivity (Wildman–Crippen MR) is 145 cm³/mol. The van der Waals surface area contributed by atoms with E-state index in [1.54, 1.807) is 18.2 Å². The highest BCUT2D eigenvalue weighted by Gasteiger charge is 2.40. The molecule has 2 aromatic rings. The number of halogens is 2. The molecule has 1 N–H and O–H groups in total. The molecule has 2 amide bonds. The molecule has 0 aliphatic carbocycles. The quantitative estimate of drug-likeness (QED) is 0.587. The third-order valence-electron chi connectivity index (χ3n) is 5.96. The maximum absolute atomic E-state index is 14.8. The number of rotatable bonds is 4. The molecule has 202 valence electrons. The van der Waals surface area contributed by atoms with Gasteiger partial charge in [-0.1, -0.05) is 67.9 Å². The monoisotopic (exact) mass is 515 g/mol. The zero-order chi connectivity index (χ0) is 27.3. The number of carbonyl (C=O) groups is 2. The zero-order valence-electron chi connectivity index (χ0n) is 22.3. The van der Waals surface area contributed by atoms with E-state index in [1.807, 2.05) is 32.0 Å². The van der Waals surface area contributed by atoms with E-state index in [4.69, 9.17) is 4.74 Å². The van der Waals surface area contributed by atoms with E-state index in [1.165, 1.54) is 23.5 Å². The van der Waals surface area contributed by atoms with Gasteiger partial charge < -0.3 is 15.0 Å². The van der Waals surface area contributed by atoms with Gasteiger partial charge in [-0.05, 0) is 13.0 Å². The highest BCUT2D eigenvalue weighted by atomic mass is 19.3. The van der Waals surface area contributed by atoms with Crippen molar-refractivity contribution in [3.8, 4) is 0 Å². The molecule has 0 radical (unpaired) electrons. The summed E-state index contributed by atoms with van der Waals surface area (Å²) >= 11 is 0. The summed E-state index contributed by atoms with van der Waals surface area (Å²) in [7, 11) is 0. The van der Waals surface area contributed by atoms with Crippen LogP contribution in [0.4, 0.5) is 14.5 Å². The molecule has 0 unspecified atom stereocenters. The minimum absolute atomic E-state index is 0.102. The van der Waals surface area contributed by atoms with Crippen LogP contribution in [0.25, 0.3) is 5.57 Å². The molecule has 1 saturated heterocycles. The summed E-state index contributed by atoms with van der Waals surface area (Å²) in [6.45, 7) is 11.3. The number of aryl methyl sites for hydroxylation is 1. The molecule has 8 heteroatoms. The summed E-state index contributed by atoms with van der Waals surface area (Å²) in [5.41, 5.74) is 1.58. The van der Waals surface area contributed by atoms with Gasteiger partial charge in [0.1, 0.15) is 0 Å². The molecule has 2 aromatic carbocycles. The lowest BCUT2D eigenvalue weighted by atomic mass is 9.97. The number of morpholine rings is 1. The lowest BCUT2D eigenvalue weighted by Crippen LogP contribution is -2.41. The Kier molecular flexibility index (Phi) is 12.4. The Morgan fingerprint density at radius 3 is 2.22 bits per heavy atom. The molecule has 2 aliphatic heterocycles. The van der Waals surface area contributed by atoms with Crippen molar-refractivity contribution in [2.75, 3.05) is 50.8 Å². The van der Waals surface area contributed by atoms with Crippen molar-refractivity contribution in [3.05, 3.63) is 71.8 Å². The van der Waals surface area contributed by atoms with E-state index in [0.29, 0.717) is 32.0 Å². The molecule has 4 rings (SSSR count). The minimum Gasteiger partial charge on any atom is -0.379 e. The molecular weight excluding hydrogens is 476 g/mol. The fraction of sp³-hybridized carbons (Fsp3) is 0.448. The van der Waals surface area contributed by atoms with Crippen molar-refractivity contribution in [1.82, 2.24) is 10.2 Å². The van der Waals surface area contributed by atoms with E-state index in [2.05, 4.69) is 29.3 Å². The molecule has 6 nitrogen and oxygen atoms in total. The second-order valence-corrected chi connectivity index (χ2v) is 8.60. The molecule has 0 atom stereocenters. The summed E-state index contributed by atoms with van der Waals surface area (Å²) < 4.78 is 34.9. The van der Waals surface area contributed by atoms with Gasteiger partial charge >= 0.3 is 0 Å². The van der Waals surface area contributed by atoms with Crippen LogP contribution in [0.15, 0.2) is 60.7 Å². The SMILES string of the molecule is CC.CC(=O)N1CCC(F)(F)/C(=C\C(=O)NCCN2CCOCC2)c2ccccc21.Cc1ccccc1. The molecule has 2 heterocycles. The van der Waals surface area contributed by atoms with Crippen LogP contribution in [0, 0.1) is 6.92 Å². The van der Waals surface area contributed by atoms with Crippen LogP contribution < -0.4 is 10.2 Å². The highest BCUT2D eigenvalue weighted by molar-refractivity contribution is 6.01. The van der Waals surface area contributed by atoms with Crippen molar-refractivity contribution in [2.45, 2.75) is 40.0 Å². The molecule has 0 saturated carbocycles. The number of nitrogens with one attached hydrogen (secondary N) is 1. The van der Waals surface area contributed by atoms with E-state index in [0.717, 1.165) is 19.2 Å². The molecule has 1 fully saturated rings. The van der Waals surface area contributed by atoms with Gasteiger partial charge in [0.05, 0.1) is 18.9 Å². The van der Waals surface area contributed by atoms with E-state index >= 15 is 0 Å². The first-order valence-electron chi connectivity index (χ1n) is 12.8. The summed E-state index contributed by atoms with van der Waals surface area (Å²) in [4.78, 5) is 27.7. The smallest absolute Gasteiger partial charge is 0.275 e. The van der Waals surface area contributed by atoms with Crippen LogP contribution in [-0.4, -0.2) is 68.6 Å². The van der Waals surface area contributed by atoms with Gasteiger partial charge in [0, 0.05) is 63.3 Å². The normalized spacial score (nSPS) is 17.8. The molecule has 0 bridgehead atoms. The van der Waals surface area contributed by atoms with Crippen LogP contribution in [0.5, 0.6) is 0 Å². The van der Waals surface area contributed by atoms with Gasteiger partial charge in [-0.25, -0.2) is 8.78 Å². The number of hydrogen-bond donors (Lipinski definition) is 1. The second kappa shape index (κ2) is 15.2. The number of alkyl halides is 2. The predicted octanol–water partition coefficient (Wildman–Crippen LogP) is 4.93. The van der Waals surface area contributed by atoms with Crippen molar-refractivity contribution in [1.29, 1.82) is 0 Å². The van der Waals surface area contributed by atoms with E-state index in [9.17, 15) is 18.4 Å². The van der Waals surface area contributed by atoms with Crippen molar-refractivity contribution in [3.63, 3.8) is 0 Å². The third-order valence-corrected chi connectivity index (χ3v) is 5.96. The largest absolute Gasteiger partial charge is 0.379 e. The Hall–Kier alpha value is -3.10. The first kappa shape index (κ1) is 30.1. The first-order valence-corrected chi connectivity index (χ1v) is 12.8. The lowest BCUT2D eigenvalue weighted by Gasteiger charge is -2.26. The third kappa shape index (κ3) is 9.37. The van der Waals surface area contributed by atoms with Crippen LogP contribution in [0.3, 0.4) is 0 Å². The summed E-state index contributed by atoms with van der Waals surface area (Å²) in [6.07, 6.45) is 0.440. The lowest BCUT2D eigenvalue weighted by molar-refractivity contribution is -0.117. The van der Waals surface area contributed by atoms with Gasteiger partial charge in [0.25, 0.3) is 5.92 Å². The average Bonchev–Trinajstić information content (AvgIpc) is 3.01. The second-order valence-electron chi connectivity index (χ2n) is 8.60. The number of hydrogen-bond acceptors (Lipinski definition) is 4.